The minimum absolute atomic E-state index is 0.0355. The third-order valence-electron chi connectivity index (χ3n) is 7.02. The molecule has 3 saturated carbocycles. The van der Waals surface area contributed by atoms with E-state index in [9.17, 15) is 4.79 Å². The van der Waals surface area contributed by atoms with Crippen LogP contribution in [0.1, 0.15) is 62.2 Å². The van der Waals surface area contributed by atoms with E-state index in [1.807, 2.05) is 18.2 Å². The second kappa shape index (κ2) is 6.88. The molecule has 4 nitrogen and oxygen atoms in total. The van der Waals surface area contributed by atoms with Crippen molar-refractivity contribution in [3.05, 3.63) is 45.6 Å². The summed E-state index contributed by atoms with van der Waals surface area (Å²) in [6.45, 7) is 0. The van der Waals surface area contributed by atoms with Crippen molar-refractivity contribution < 1.29 is 14.1 Å². The van der Waals surface area contributed by atoms with Crippen LogP contribution in [0.2, 0.25) is 10.0 Å². The molecule has 3 fully saturated rings. The van der Waals surface area contributed by atoms with Gasteiger partial charge >= 0.3 is 5.97 Å². The Labute approximate surface area is 180 Å². The summed E-state index contributed by atoms with van der Waals surface area (Å²) < 4.78 is 10.9. The van der Waals surface area contributed by atoms with E-state index >= 15 is 0 Å². The molecule has 3 aliphatic rings. The molecule has 1 aromatic heterocycles. The van der Waals surface area contributed by atoms with Crippen molar-refractivity contribution in [2.45, 2.75) is 50.9 Å². The Kier molecular flexibility index (Phi) is 4.56. The van der Waals surface area contributed by atoms with E-state index in [1.54, 1.807) is 0 Å². The highest BCUT2D eigenvalue weighted by atomic mass is 35.5. The molecule has 29 heavy (non-hydrogen) atoms. The number of methoxy groups -OCH3 is 1. The molecule has 1 aromatic carbocycles. The van der Waals surface area contributed by atoms with Gasteiger partial charge in [0.25, 0.3) is 0 Å². The number of benzene rings is 1. The predicted molar refractivity (Wildman–Crippen MR) is 113 cm³/mol. The fourth-order valence-corrected chi connectivity index (χ4v) is 5.82. The molecule has 0 unspecified atom stereocenters. The zero-order valence-electron chi connectivity index (χ0n) is 16.3. The number of ether oxygens (including phenoxy) is 1. The number of hydrogen-bond donors (Lipinski definition) is 0. The van der Waals surface area contributed by atoms with Crippen molar-refractivity contribution >= 4 is 35.2 Å². The Morgan fingerprint density at radius 3 is 2.52 bits per heavy atom. The molecule has 0 spiro atoms. The Morgan fingerprint density at radius 1 is 1.21 bits per heavy atom. The second-order valence-electron chi connectivity index (χ2n) is 8.82. The fourth-order valence-electron chi connectivity index (χ4n) is 5.25. The number of allylic oxidation sites excluding steroid dienone is 1. The maximum absolute atomic E-state index is 12.3. The quantitative estimate of drug-likeness (QED) is 0.496. The second-order valence-corrected chi connectivity index (χ2v) is 9.64. The number of aromatic nitrogens is 1. The molecule has 0 radical (unpaired) electrons. The van der Waals surface area contributed by atoms with Crippen molar-refractivity contribution in [1.29, 1.82) is 0 Å². The third-order valence-corrected chi connectivity index (χ3v) is 7.65. The highest BCUT2D eigenvalue weighted by Crippen LogP contribution is 2.63. The summed E-state index contributed by atoms with van der Waals surface area (Å²) in [4.78, 5) is 12.3. The first-order valence-corrected chi connectivity index (χ1v) is 10.9. The van der Waals surface area contributed by atoms with Gasteiger partial charge in [-0.25, -0.2) is 0 Å². The lowest BCUT2D eigenvalue weighted by Crippen LogP contribution is -2.27. The van der Waals surface area contributed by atoms with Gasteiger partial charge in [0.2, 0.25) is 0 Å². The van der Waals surface area contributed by atoms with Crippen molar-refractivity contribution in [3.63, 3.8) is 0 Å². The molecule has 3 aliphatic carbocycles. The number of carbonyl (C=O) groups is 1. The lowest BCUT2D eigenvalue weighted by molar-refractivity contribution is -0.152. The van der Waals surface area contributed by atoms with Crippen LogP contribution in [-0.4, -0.2) is 18.2 Å². The molecule has 6 heteroatoms. The zero-order valence-corrected chi connectivity index (χ0v) is 17.9. The van der Waals surface area contributed by atoms with Gasteiger partial charge in [-0.1, -0.05) is 46.6 Å². The molecule has 152 valence electrons. The van der Waals surface area contributed by atoms with E-state index in [0.717, 1.165) is 56.3 Å². The average molecular weight is 432 g/mol. The monoisotopic (exact) mass is 431 g/mol. The molecular weight excluding hydrogens is 409 g/mol. The van der Waals surface area contributed by atoms with Gasteiger partial charge in [0.15, 0.2) is 0 Å². The Morgan fingerprint density at radius 2 is 1.90 bits per heavy atom. The highest BCUT2D eigenvalue weighted by Gasteiger charge is 2.57. The molecule has 0 amide bonds. The number of hydrogen-bond acceptors (Lipinski definition) is 4. The van der Waals surface area contributed by atoms with Crippen molar-refractivity contribution in [2.75, 3.05) is 7.11 Å². The number of halogens is 2. The van der Waals surface area contributed by atoms with Crippen LogP contribution in [0, 0.1) is 10.8 Å². The van der Waals surface area contributed by atoms with Crippen molar-refractivity contribution in [2.24, 2.45) is 10.8 Å². The molecule has 1 heterocycles. The van der Waals surface area contributed by atoms with E-state index in [4.69, 9.17) is 32.5 Å². The molecule has 0 saturated heterocycles. The van der Waals surface area contributed by atoms with Gasteiger partial charge in [-0.2, -0.15) is 0 Å². The maximum atomic E-state index is 12.3. The van der Waals surface area contributed by atoms with Crippen molar-refractivity contribution in [3.8, 4) is 11.3 Å². The summed E-state index contributed by atoms with van der Waals surface area (Å²) in [5.41, 5.74) is 2.12. The first-order chi connectivity index (χ1) is 14.0. The first-order valence-electron chi connectivity index (χ1n) is 10.2. The molecule has 5 rings (SSSR count). The Bertz CT molecular complexity index is 977. The Hall–Kier alpha value is -1.78. The fraction of sp³-hybridized carbons (Fsp3) is 0.478. The molecule has 0 N–H and O–H groups in total. The lowest BCUT2D eigenvalue weighted by Gasteiger charge is -2.24. The molecule has 2 aromatic rings. The van der Waals surface area contributed by atoms with Gasteiger partial charge in [-0.05, 0) is 62.5 Å². The topological polar surface area (TPSA) is 52.3 Å². The molecule has 0 aliphatic heterocycles. The van der Waals surface area contributed by atoms with E-state index in [0.29, 0.717) is 27.2 Å². The number of nitrogens with zero attached hydrogens (tertiary/aromatic N) is 1. The van der Waals surface area contributed by atoms with Crippen LogP contribution >= 0.6 is 23.2 Å². The van der Waals surface area contributed by atoms with Gasteiger partial charge < -0.3 is 9.26 Å². The number of rotatable bonds is 5. The number of fused-ring (bicyclic) bond motifs is 2. The van der Waals surface area contributed by atoms with Gasteiger partial charge in [-0.3, -0.25) is 4.79 Å². The van der Waals surface area contributed by atoms with Gasteiger partial charge in [0, 0.05) is 17.0 Å². The maximum Gasteiger partial charge on any atom is 0.311 e. The summed E-state index contributed by atoms with van der Waals surface area (Å²) in [5.74, 6) is 1.27. The van der Waals surface area contributed by atoms with Crippen LogP contribution < -0.4 is 0 Å². The zero-order chi connectivity index (χ0) is 20.2. The number of carbonyl (C=O) groups excluding carboxylic acids is 1. The van der Waals surface area contributed by atoms with E-state index in [2.05, 4.69) is 17.3 Å². The van der Waals surface area contributed by atoms with Gasteiger partial charge in [0.05, 0.1) is 22.6 Å². The van der Waals surface area contributed by atoms with Gasteiger partial charge in [-0.15, -0.1) is 0 Å². The van der Waals surface area contributed by atoms with Crippen molar-refractivity contribution in [1.82, 2.24) is 5.16 Å². The summed E-state index contributed by atoms with van der Waals surface area (Å²) >= 11 is 12.9. The average Bonchev–Trinajstić information content (AvgIpc) is 3.22. The highest BCUT2D eigenvalue weighted by molar-refractivity contribution is 6.39. The summed E-state index contributed by atoms with van der Waals surface area (Å²) in [6.07, 6.45) is 11.3. The lowest BCUT2D eigenvalue weighted by atomic mass is 9.81. The first kappa shape index (κ1) is 19.2. The normalized spacial score (nSPS) is 28.4. The number of esters is 1. The predicted octanol–water partition coefficient (Wildman–Crippen LogP) is 6.66. The standard InChI is InChI=1S/C23H23Cl2NO3/c1-28-21(27)23-11-9-22(13-23,10-12-23)8-7-15-19(26-29-20(15)14-5-6-14)18-16(24)3-2-4-17(18)25/h2-4,7-8,14H,5-6,9-13H2,1H3. The van der Waals surface area contributed by atoms with Gasteiger partial charge in [0.1, 0.15) is 11.5 Å². The minimum atomic E-state index is -0.304. The van der Waals surface area contributed by atoms with E-state index in [1.165, 1.54) is 7.11 Å². The molecule has 0 atom stereocenters. The van der Waals surface area contributed by atoms with Crippen LogP contribution in [-0.2, 0) is 9.53 Å². The third kappa shape index (κ3) is 3.12. The minimum Gasteiger partial charge on any atom is -0.469 e. The van der Waals surface area contributed by atoms with Crippen LogP contribution in [0.25, 0.3) is 17.3 Å². The molecule has 2 bridgehead atoms. The van der Waals surface area contributed by atoms with Crippen LogP contribution in [0.3, 0.4) is 0 Å². The summed E-state index contributed by atoms with van der Waals surface area (Å²) in [5, 5.41) is 5.48. The SMILES string of the molecule is COC(=O)C12CCC(C=Cc3c(-c4c(Cl)cccc4Cl)noc3C3CC3)(CC1)C2. The summed E-state index contributed by atoms with van der Waals surface area (Å²) in [7, 11) is 1.49. The van der Waals surface area contributed by atoms with Crippen LogP contribution in [0.5, 0.6) is 0 Å². The van der Waals surface area contributed by atoms with Crippen LogP contribution in [0.15, 0.2) is 28.8 Å². The molecular formula is C23H23Cl2NO3. The van der Waals surface area contributed by atoms with E-state index < -0.39 is 0 Å². The largest absolute Gasteiger partial charge is 0.469 e. The smallest absolute Gasteiger partial charge is 0.311 e. The van der Waals surface area contributed by atoms with Crippen LogP contribution in [0.4, 0.5) is 0 Å². The van der Waals surface area contributed by atoms with E-state index in [-0.39, 0.29) is 16.8 Å². The Balaban J connectivity index is 1.52. The summed E-state index contributed by atoms with van der Waals surface area (Å²) in [6, 6.07) is 5.46.